The van der Waals surface area contributed by atoms with Crippen molar-refractivity contribution in [3.63, 3.8) is 0 Å². The maximum absolute atomic E-state index is 12.4. The van der Waals surface area contributed by atoms with Crippen molar-refractivity contribution < 1.29 is 24.2 Å². The van der Waals surface area contributed by atoms with Crippen LogP contribution >= 0.6 is 0 Å². The molecule has 23 heavy (non-hydrogen) atoms. The first-order valence-corrected chi connectivity index (χ1v) is 8.19. The van der Waals surface area contributed by atoms with E-state index in [2.05, 4.69) is 4.90 Å². The second-order valence-electron chi connectivity index (χ2n) is 6.46. The number of carbonyl (C=O) groups excluding carboxylic acids is 2. The molecule has 3 aliphatic rings. The second-order valence-corrected chi connectivity index (χ2v) is 6.46. The maximum atomic E-state index is 12.4. The quantitative estimate of drug-likeness (QED) is 0.533. The van der Waals surface area contributed by atoms with Gasteiger partial charge in [-0.2, -0.15) is 0 Å². The van der Waals surface area contributed by atoms with Gasteiger partial charge in [-0.3, -0.25) is 0 Å². The molecule has 1 N–H and O–H groups in total. The molecule has 0 aromatic rings. The molecule has 0 radical (unpaired) electrons. The molecule has 3 heterocycles. The number of ether oxygens (including phenoxy) is 2. The van der Waals surface area contributed by atoms with Gasteiger partial charge in [-0.05, 0) is 31.3 Å². The van der Waals surface area contributed by atoms with Gasteiger partial charge < -0.3 is 19.5 Å². The van der Waals surface area contributed by atoms with Crippen molar-refractivity contribution in [2.45, 2.75) is 45.3 Å². The summed E-state index contributed by atoms with van der Waals surface area (Å²) < 4.78 is 11.0. The number of hydrogen-bond acceptors (Lipinski definition) is 6. The predicted octanol–water partition coefficient (Wildman–Crippen LogP) is 1.15. The van der Waals surface area contributed by atoms with Gasteiger partial charge >= 0.3 is 11.9 Å². The predicted molar refractivity (Wildman–Crippen MR) is 82.2 cm³/mol. The molecule has 0 aliphatic carbocycles. The van der Waals surface area contributed by atoms with Crippen molar-refractivity contribution in [3.05, 3.63) is 22.9 Å². The third kappa shape index (κ3) is 3.00. The highest BCUT2D eigenvalue weighted by Crippen LogP contribution is 2.35. The van der Waals surface area contributed by atoms with Crippen LogP contribution in [0.3, 0.4) is 0 Å². The van der Waals surface area contributed by atoms with Gasteiger partial charge in [0, 0.05) is 25.1 Å². The first-order chi connectivity index (χ1) is 11.0. The van der Waals surface area contributed by atoms with Gasteiger partial charge in [0.2, 0.25) is 0 Å². The Morgan fingerprint density at radius 3 is 2.83 bits per heavy atom. The van der Waals surface area contributed by atoms with E-state index in [0.29, 0.717) is 5.57 Å². The Morgan fingerprint density at radius 1 is 1.30 bits per heavy atom. The summed E-state index contributed by atoms with van der Waals surface area (Å²) in [5.41, 5.74) is 2.48. The van der Waals surface area contributed by atoms with Crippen LogP contribution in [-0.2, 0) is 19.1 Å². The lowest BCUT2D eigenvalue weighted by molar-refractivity contribution is -0.156. The maximum Gasteiger partial charge on any atom is 0.335 e. The Morgan fingerprint density at radius 2 is 2.09 bits per heavy atom. The van der Waals surface area contributed by atoms with Crippen LogP contribution in [0.15, 0.2) is 22.9 Å². The first kappa shape index (κ1) is 16.1. The Balaban J connectivity index is 1.91. The van der Waals surface area contributed by atoms with Crippen molar-refractivity contribution in [1.82, 2.24) is 4.90 Å². The van der Waals surface area contributed by atoms with Crippen molar-refractivity contribution in [1.29, 1.82) is 0 Å². The van der Waals surface area contributed by atoms with Gasteiger partial charge in [0.05, 0.1) is 5.70 Å². The molecular weight excluding hydrogens is 298 g/mol. The van der Waals surface area contributed by atoms with Gasteiger partial charge in [-0.25, -0.2) is 9.59 Å². The molecule has 1 fully saturated rings. The zero-order valence-corrected chi connectivity index (χ0v) is 13.6. The average molecular weight is 321 g/mol. The summed E-state index contributed by atoms with van der Waals surface area (Å²) >= 11 is 0. The Kier molecular flexibility index (Phi) is 4.43. The number of allylic oxidation sites excluding steroid dienone is 1. The molecule has 3 aliphatic heterocycles. The van der Waals surface area contributed by atoms with E-state index in [1.807, 2.05) is 0 Å². The summed E-state index contributed by atoms with van der Waals surface area (Å²) in [4.78, 5) is 26.7. The Labute approximate surface area is 135 Å². The number of nitrogens with zero attached hydrogens (tertiary/aromatic N) is 1. The van der Waals surface area contributed by atoms with Gasteiger partial charge in [0.1, 0.15) is 12.7 Å². The van der Waals surface area contributed by atoms with Gasteiger partial charge in [-0.1, -0.05) is 13.0 Å². The lowest BCUT2D eigenvalue weighted by atomic mass is 9.95. The minimum Gasteiger partial charge on any atom is -0.459 e. The second kappa shape index (κ2) is 6.35. The largest absolute Gasteiger partial charge is 0.459 e. The molecule has 0 unspecified atom stereocenters. The van der Waals surface area contributed by atoms with Crippen LogP contribution in [0.2, 0.25) is 0 Å². The van der Waals surface area contributed by atoms with Crippen LogP contribution in [0.1, 0.15) is 33.1 Å². The van der Waals surface area contributed by atoms with Gasteiger partial charge in [0.25, 0.3) is 0 Å². The molecule has 6 heteroatoms. The minimum atomic E-state index is -1.24. The van der Waals surface area contributed by atoms with Gasteiger partial charge in [0.15, 0.2) is 6.10 Å². The Bertz CT molecular complexity index is 580. The van der Waals surface area contributed by atoms with Gasteiger partial charge in [-0.15, -0.1) is 0 Å². The molecule has 0 amide bonds. The summed E-state index contributed by atoms with van der Waals surface area (Å²) in [6.07, 6.45) is 2.06. The van der Waals surface area contributed by atoms with E-state index >= 15 is 0 Å². The van der Waals surface area contributed by atoms with Crippen LogP contribution in [-0.4, -0.2) is 53.8 Å². The lowest BCUT2D eigenvalue weighted by Gasteiger charge is -2.23. The third-order valence-electron chi connectivity index (χ3n) is 4.92. The third-order valence-corrected chi connectivity index (χ3v) is 4.92. The number of aliphatic hydroxyl groups is 1. The molecule has 0 saturated carbocycles. The summed E-state index contributed by atoms with van der Waals surface area (Å²) in [5.74, 6) is -1.38. The van der Waals surface area contributed by atoms with E-state index in [4.69, 9.17) is 9.47 Å². The molecule has 6 nitrogen and oxygen atoms in total. The first-order valence-electron chi connectivity index (χ1n) is 8.19. The van der Waals surface area contributed by atoms with E-state index in [1.165, 1.54) is 0 Å². The fourth-order valence-corrected chi connectivity index (χ4v) is 3.53. The average Bonchev–Trinajstić information content (AvgIpc) is 3.11. The Hall–Kier alpha value is -1.82. The highest BCUT2D eigenvalue weighted by Gasteiger charge is 2.38. The highest BCUT2D eigenvalue weighted by atomic mass is 16.6. The smallest absolute Gasteiger partial charge is 0.335 e. The summed E-state index contributed by atoms with van der Waals surface area (Å²) in [6.45, 7) is 5.38. The van der Waals surface area contributed by atoms with E-state index < -0.39 is 18.0 Å². The monoisotopic (exact) mass is 321 g/mol. The lowest BCUT2D eigenvalue weighted by Crippen LogP contribution is -2.32. The van der Waals surface area contributed by atoms with E-state index in [1.54, 1.807) is 19.9 Å². The summed E-state index contributed by atoms with van der Waals surface area (Å²) in [5, 5.41) is 10.1. The van der Waals surface area contributed by atoms with Crippen LogP contribution in [0, 0.1) is 5.92 Å². The number of cyclic esters (lactones) is 1. The van der Waals surface area contributed by atoms with Crippen LogP contribution in [0.5, 0.6) is 0 Å². The van der Waals surface area contributed by atoms with Crippen LogP contribution in [0.4, 0.5) is 0 Å². The molecule has 3 rings (SSSR count). The fraction of sp³-hybridized carbons (Fsp3) is 0.647. The molecule has 0 bridgehead atoms. The zero-order valence-electron chi connectivity index (χ0n) is 13.6. The molecule has 0 aromatic carbocycles. The fourth-order valence-electron chi connectivity index (χ4n) is 3.53. The van der Waals surface area contributed by atoms with Crippen molar-refractivity contribution in [2.75, 3.05) is 19.7 Å². The number of rotatable bonds is 0. The van der Waals surface area contributed by atoms with Crippen molar-refractivity contribution in [3.8, 4) is 0 Å². The number of esters is 2. The van der Waals surface area contributed by atoms with E-state index in [-0.39, 0.29) is 25.1 Å². The minimum absolute atomic E-state index is 0.166. The van der Waals surface area contributed by atoms with E-state index in [9.17, 15) is 14.7 Å². The molecule has 3 atom stereocenters. The summed E-state index contributed by atoms with van der Waals surface area (Å²) in [6, 6.07) is 0. The van der Waals surface area contributed by atoms with Crippen LogP contribution < -0.4 is 0 Å². The van der Waals surface area contributed by atoms with Crippen molar-refractivity contribution in [2.24, 2.45) is 5.92 Å². The topological polar surface area (TPSA) is 76.1 Å². The van der Waals surface area contributed by atoms with Crippen LogP contribution in [0.25, 0.3) is 0 Å². The SMILES string of the molecule is C/C=C1/C[C@@H](C)[C@H](O)C(=O)OCC2=C3[C@@H](CCN3CC2)OC1=O. The number of carbonyl (C=O) groups is 2. The normalized spacial score (nSPS) is 34.0. The highest BCUT2D eigenvalue weighted by molar-refractivity contribution is 5.89. The zero-order chi connectivity index (χ0) is 16.6. The molecular formula is C17H23NO5. The number of hydrogen-bond donors (Lipinski definition) is 1. The molecule has 0 spiro atoms. The number of aliphatic hydroxyl groups excluding tert-OH is 1. The summed E-state index contributed by atoms with van der Waals surface area (Å²) in [7, 11) is 0. The molecule has 1 saturated heterocycles. The molecule has 126 valence electrons. The standard InChI is InChI=1S/C17H23NO5/c1-3-11-8-10(2)15(19)17(21)22-9-12-4-6-18-7-5-13(14(12)18)23-16(11)20/h3,10,13,15,19H,4-9H2,1-2H3/b11-3-/t10-,13-,15+/m1/s1. The molecule has 0 aromatic heterocycles. The van der Waals surface area contributed by atoms with Crippen molar-refractivity contribution >= 4 is 11.9 Å². The van der Waals surface area contributed by atoms with E-state index in [0.717, 1.165) is 37.2 Å².